The van der Waals surface area contributed by atoms with Gasteiger partial charge in [0.1, 0.15) is 5.01 Å². The van der Waals surface area contributed by atoms with Gasteiger partial charge in [0, 0.05) is 23.2 Å². The highest BCUT2D eigenvalue weighted by molar-refractivity contribution is 8.18. The number of carbonyl (C=O) groups is 1. The smallest absolute Gasteiger partial charge is 0.264 e. The monoisotopic (exact) mass is 491 g/mol. The Balaban J connectivity index is 1.39. The number of carbonyl (C=O) groups excluding carboxylic acids is 1. The third kappa shape index (κ3) is 6.18. The lowest BCUT2D eigenvalue weighted by Crippen LogP contribution is -2.31. The molecule has 11 heteroatoms. The second kappa shape index (κ2) is 9.74. The van der Waals surface area contributed by atoms with E-state index in [0.29, 0.717) is 27.4 Å². The molecule has 2 aliphatic heterocycles. The summed E-state index contributed by atoms with van der Waals surface area (Å²) in [7, 11) is -1.17. The minimum Gasteiger partial charge on any atom is -0.306 e. The number of aliphatic imine (C=N–C) groups is 1. The molecule has 0 bridgehead atoms. The van der Waals surface area contributed by atoms with E-state index < -0.39 is 10.0 Å². The van der Waals surface area contributed by atoms with Crippen molar-refractivity contribution < 1.29 is 13.2 Å². The van der Waals surface area contributed by atoms with Gasteiger partial charge in [-0.25, -0.2) is 13.4 Å². The van der Waals surface area contributed by atoms with Gasteiger partial charge in [-0.1, -0.05) is 0 Å². The fourth-order valence-electron chi connectivity index (χ4n) is 3.47. The van der Waals surface area contributed by atoms with Gasteiger partial charge in [-0.15, -0.1) is 11.3 Å². The Morgan fingerprint density at radius 3 is 2.69 bits per heavy atom. The van der Waals surface area contributed by atoms with Gasteiger partial charge in [-0.05, 0) is 81.0 Å². The number of rotatable bonds is 6. The molecule has 2 saturated heterocycles. The average molecular weight is 492 g/mol. The lowest BCUT2D eigenvalue weighted by Gasteiger charge is -2.27. The summed E-state index contributed by atoms with van der Waals surface area (Å²) in [6.45, 7) is 2.95. The van der Waals surface area contributed by atoms with E-state index in [9.17, 15) is 13.2 Å². The van der Waals surface area contributed by atoms with Gasteiger partial charge in [-0.2, -0.15) is 0 Å². The quantitative estimate of drug-likeness (QED) is 0.602. The number of hydrogen-bond donors (Lipinski definition) is 2. The molecule has 0 atom stereocenters. The van der Waals surface area contributed by atoms with E-state index in [0.717, 1.165) is 49.3 Å². The number of nitrogens with one attached hydrogen (secondary N) is 2. The van der Waals surface area contributed by atoms with Gasteiger partial charge < -0.3 is 10.2 Å². The third-order valence-corrected chi connectivity index (χ3v) is 7.68. The number of sulfonamides is 1. The highest BCUT2D eigenvalue weighted by Crippen LogP contribution is 2.30. The maximum atomic E-state index is 12.3. The highest BCUT2D eigenvalue weighted by Gasteiger charge is 2.25. The molecule has 170 valence electrons. The van der Waals surface area contributed by atoms with Crippen LogP contribution < -0.4 is 10.0 Å². The van der Waals surface area contributed by atoms with Crippen LogP contribution in [0.4, 0.5) is 5.69 Å². The van der Waals surface area contributed by atoms with Crippen molar-refractivity contribution in [3.8, 4) is 10.6 Å². The van der Waals surface area contributed by atoms with Crippen LogP contribution in [-0.4, -0.2) is 62.3 Å². The number of anilines is 1. The zero-order valence-corrected chi connectivity index (χ0v) is 20.3. The molecule has 0 radical (unpaired) electrons. The van der Waals surface area contributed by atoms with Gasteiger partial charge >= 0.3 is 0 Å². The van der Waals surface area contributed by atoms with E-state index in [1.165, 1.54) is 23.1 Å². The lowest BCUT2D eigenvalue weighted by atomic mass is 9.97. The average Bonchev–Trinajstić information content (AvgIpc) is 3.34. The van der Waals surface area contributed by atoms with E-state index in [2.05, 4.69) is 32.0 Å². The number of thiazole rings is 1. The molecule has 0 spiro atoms. The maximum absolute atomic E-state index is 12.3. The summed E-state index contributed by atoms with van der Waals surface area (Å²) < 4.78 is 25.1. The molecule has 0 saturated carbocycles. The number of benzene rings is 1. The molecule has 2 aromatic rings. The van der Waals surface area contributed by atoms with Crippen LogP contribution in [0, 0.1) is 5.92 Å². The van der Waals surface area contributed by atoms with Crippen molar-refractivity contribution in [2.24, 2.45) is 10.9 Å². The first-order chi connectivity index (χ1) is 15.2. The Labute approximate surface area is 196 Å². The van der Waals surface area contributed by atoms with Gasteiger partial charge in [0.05, 0.1) is 16.9 Å². The zero-order valence-electron chi connectivity index (χ0n) is 17.9. The van der Waals surface area contributed by atoms with Crippen LogP contribution in [0.2, 0.25) is 0 Å². The Bertz CT molecular complexity index is 1150. The first kappa shape index (κ1) is 23.0. The van der Waals surface area contributed by atoms with Crippen molar-refractivity contribution in [3.05, 3.63) is 40.2 Å². The van der Waals surface area contributed by atoms with Crippen molar-refractivity contribution in [1.29, 1.82) is 0 Å². The van der Waals surface area contributed by atoms with Crippen molar-refractivity contribution in [2.45, 2.75) is 12.8 Å². The molecule has 1 aromatic carbocycles. The fourth-order valence-corrected chi connectivity index (χ4v) is 5.63. The topological polar surface area (TPSA) is 104 Å². The maximum Gasteiger partial charge on any atom is 0.264 e. The SMILES string of the molecule is CN1CCC(CN=C2NC(=O)/C(=C\c3csc(-c4ccc(NS(C)(=O)=O)cc4)n3)S2)CC1. The van der Waals surface area contributed by atoms with Crippen LogP contribution in [0.3, 0.4) is 0 Å². The number of piperidine rings is 1. The number of amidine groups is 1. The van der Waals surface area contributed by atoms with Crippen LogP contribution in [0.25, 0.3) is 16.6 Å². The second-order valence-corrected chi connectivity index (χ2v) is 11.6. The van der Waals surface area contributed by atoms with Gasteiger partial charge in [0.15, 0.2) is 5.17 Å². The molecule has 2 N–H and O–H groups in total. The highest BCUT2D eigenvalue weighted by atomic mass is 32.2. The third-order valence-electron chi connectivity index (χ3n) is 5.22. The summed E-state index contributed by atoms with van der Waals surface area (Å²) in [6.07, 6.45) is 5.17. The van der Waals surface area contributed by atoms with Crippen LogP contribution in [0.1, 0.15) is 18.5 Å². The van der Waals surface area contributed by atoms with Crippen molar-refractivity contribution >= 4 is 56.0 Å². The van der Waals surface area contributed by atoms with Crippen LogP contribution in [0.15, 0.2) is 39.5 Å². The number of aromatic nitrogens is 1. The van der Waals surface area contributed by atoms with E-state index in [-0.39, 0.29) is 5.91 Å². The lowest BCUT2D eigenvalue weighted by molar-refractivity contribution is -0.115. The molecule has 0 unspecified atom stereocenters. The molecule has 32 heavy (non-hydrogen) atoms. The van der Waals surface area contributed by atoms with Gasteiger partial charge in [-0.3, -0.25) is 14.5 Å². The summed E-state index contributed by atoms with van der Waals surface area (Å²) in [5.41, 5.74) is 2.08. The second-order valence-electron chi connectivity index (χ2n) is 7.99. The van der Waals surface area contributed by atoms with E-state index in [1.54, 1.807) is 18.2 Å². The normalized spacial score (nSPS) is 20.8. The molecule has 4 rings (SSSR count). The van der Waals surface area contributed by atoms with E-state index in [4.69, 9.17) is 0 Å². The summed E-state index contributed by atoms with van der Waals surface area (Å²) in [5, 5.41) is 6.20. The summed E-state index contributed by atoms with van der Waals surface area (Å²) in [6, 6.07) is 7.02. The molecular weight excluding hydrogens is 466 g/mol. The van der Waals surface area contributed by atoms with Crippen LogP contribution in [0.5, 0.6) is 0 Å². The van der Waals surface area contributed by atoms with E-state index >= 15 is 0 Å². The number of nitrogens with zero attached hydrogens (tertiary/aromatic N) is 3. The largest absolute Gasteiger partial charge is 0.306 e. The molecule has 0 aliphatic carbocycles. The standard InChI is InChI=1S/C21H25N5O3S3/c1-26-9-7-14(8-10-26)12-22-21-24-19(27)18(31-21)11-17-13-30-20(23-17)15-3-5-16(6-4-15)25-32(2,28)29/h3-6,11,13-14,25H,7-10,12H2,1-2H3,(H,22,24,27)/b18-11+. The molecule has 2 aliphatic rings. The van der Waals surface area contributed by atoms with Crippen LogP contribution in [-0.2, 0) is 14.8 Å². The molecule has 2 fully saturated rings. The van der Waals surface area contributed by atoms with Crippen molar-refractivity contribution in [3.63, 3.8) is 0 Å². The fraction of sp³-hybridized carbons (Fsp3) is 0.381. The minimum absolute atomic E-state index is 0.150. The molecule has 3 heterocycles. The van der Waals surface area contributed by atoms with Gasteiger partial charge in [0.25, 0.3) is 5.91 Å². The Morgan fingerprint density at radius 1 is 1.28 bits per heavy atom. The molecule has 1 aromatic heterocycles. The molecule has 8 nitrogen and oxygen atoms in total. The Kier molecular flexibility index (Phi) is 6.99. The number of amides is 1. The minimum atomic E-state index is -3.31. The predicted octanol–water partition coefficient (Wildman–Crippen LogP) is 3.08. The zero-order chi connectivity index (χ0) is 22.7. The number of hydrogen-bond acceptors (Lipinski definition) is 8. The Morgan fingerprint density at radius 2 is 2.00 bits per heavy atom. The summed E-state index contributed by atoms with van der Waals surface area (Å²) in [5.74, 6) is 0.423. The summed E-state index contributed by atoms with van der Waals surface area (Å²) in [4.78, 5) is 24.5. The molecule has 1 amide bonds. The molecular formula is C21H25N5O3S3. The van der Waals surface area contributed by atoms with E-state index in [1.807, 2.05) is 17.5 Å². The van der Waals surface area contributed by atoms with Crippen molar-refractivity contribution in [1.82, 2.24) is 15.2 Å². The van der Waals surface area contributed by atoms with Gasteiger partial charge in [0.2, 0.25) is 10.0 Å². The van der Waals surface area contributed by atoms with Crippen molar-refractivity contribution in [2.75, 3.05) is 37.7 Å². The van der Waals surface area contributed by atoms with Crippen LogP contribution >= 0.6 is 23.1 Å². The summed E-state index contributed by atoms with van der Waals surface area (Å²) >= 11 is 2.82. The number of likely N-dealkylation sites (tertiary alicyclic amines) is 1. The first-order valence-corrected chi connectivity index (χ1v) is 13.8. The number of thioether (sulfide) groups is 1. The first-order valence-electron chi connectivity index (χ1n) is 10.2. The Hall–Kier alpha value is -2.21. The predicted molar refractivity (Wildman–Crippen MR) is 132 cm³/mol.